The second-order valence-electron chi connectivity index (χ2n) is 7.71. The van der Waals surface area contributed by atoms with Gasteiger partial charge in [0.15, 0.2) is 0 Å². The van der Waals surface area contributed by atoms with Crippen molar-refractivity contribution >= 4 is 5.91 Å². The number of phenols is 1. The number of piperidine rings is 1. The molecule has 1 heterocycles. The van der Waals surface area contributed by atoms with E-state index < -0.39 is 0 Å². The molecule has 0 aromatic heterocycles. The maximum atomic E-state index is 13.2. The van der Waals surface area contributed by atoms with Crippen LogP contribution >= 0.6 is 0 Å². The molecule has 0 spiro atoms. The summed E-state index contributed by atoms with van der Waals surface area (Å²) in [5.74, 6) is 1.54. The molecule has 1 saturated carbocycles. The fourth-order valence-corrected chi connectivity index (χ4v) is 4.54. The Morgan fingerprint density at radius 3 is 2.57 bits per heavy atom. The summed E-state index contributed by atoms with van der Waals surface area (Å²) in [6.45, 7) is 0.779. The van der Waals surface area contributed by atoms with Gasteiger partial charge in [-0.25, -0.2) is 0 Å². The van der Waals surface area contributed by atoms with Crippen molar-refractivity contribution in [3.8, 4) is 23.3 Å². The van der Waals surface area contributed by atoms with Crippen molar-refractivity contribution in [1.29, 1.82) is 5.26 Å². The summed E-state index contributed by atoms with van der Waals surface area (Å²) in [7, 11) is 0. The summed E-state index contributed by atoms with van der Waals surface area (Å²) in [6, 6.07) is 13.8. The third-order valence-electron chi connectivity index (χ3n) is 5.86. The minimum atomic E-state index is -0.0304. The van der Waals surface area contributed by atoms with Gasteiger partial charge in [0.05, 0.1) is 11.6 Å². The van der Waals surface area contributed by atoms with E-state index in [1.165, 1.54) is 37.8 Å². The normalized spacial score (nSPS) is 21.5. The third-order valence-corrected chi connectivity index (χ3v) is 5.86. The Morgan fingerprint density at radius 1 is 1.04 bits per heavy atom. The molecule has 1 N–H and O–H groups in total. The molecule has 0 bridgehead atoms. The van der Waals surface area contributed by atoms with E-state index in [1.807, 2.05) is 4.90 Å². The number of likely N-dealkylation sites (tertiary alicyclic amines) is 1. The first-order valence-corrected chi connectivity index (χ1v) is 9.97. The zero-order valence-electron chi connectivity index (χ0n) is 15.8. The Kier molecular flexibility index (Phi) is 5.21. The minimum absolute atomic E-state index is 0.00620. The summed E-state index contributed by atoms with van der Waals surface area (Å²) in [4.78, 5) is 15.2. The first-order chi connectivity index (χ1) is 13.6. The highest BCUT2D eigenvalue weighted by Crippen LogP contribution is 2.36. The summed E-state index contributed by atoms with van der Waals surface area (Å²) < 4.78 is 5.80. The molecular weight excluding hydrogens is 352 g/mol. The number of amides is 1. The molecule has 1 saturated heterocycles. The lowest BCUT2D eigenvalue weighted by molar-refractivity contribution is 0.0390. The smallest absolute Gasteiger partial charge is 0.254 e. The highest BCUT2D eigenvalue weighted by molar-refractivity contribution is 5.95. The maximum Gasteiger partial charge on any atom is 0.254 e. The number of rotatable bonds is 3. The van der Waals surface area contributed by atoms with Gasteiger partial charge in [0.2, 0.25) is 0 Å². The minimum Gasteiger partial charge on any atom is -0.508 e. The summed E-state index contributed by atoms with van der Waals surface area (Å²) in [5, 5.41) is 19.0. The fraction of sp³-hybridized carbons (Fsp3) is 0.391. The van der Waals surface area contributed by atoms with E-state index in [0.717, 1.165) is 19.4 Å². The largest absolute Gasteiger partial charge is 0.508 e. The Balaban J connectivity index is 1.55. The molecule has 2 fully saturated rings. The highest BCUT2D eigenvalue weighted by Gasteiger charge is 2.36. The van der Waals surface area contributed by atoms with E-state index >= 15 is 0 Å². The second-order valence-corrected chi connectivity index (χ2v) is 7.71. The predicted octanol–water partition coefficient (Wildman–Crippen LogP) is 4.85. The standard InChI is InChI=1S/C23H24N2O3/c24-15-16-7-9-20(10-8-16)28-21-13-18(12-19(26)14-21)23(27)25-11-3-5-17-4-1-2-6-22(17)25/h7-10,12-14,17,22,26H,1-6,11H2. The molecule has 1 aliphatic heterocycles. The number of ether oxygens (including phenoxy) is 1. The van der Waals surface area contributed by atoms with Crippen LogP contribution in [0.15, 0.2) is 42.5 Å². The number of fused-ring (bicyclic) bond motifs is 1. The van der Waals surface area contributed by atoms with Crippen molar-refractivity contribution in [1.82, 2.24) is 4.90 Å². The quantitative estimate of drug-likeness (QED) is 0.831. The molecule has 144 valence electrons. The highest BCUT2D eigenvalue weighted by atomic mass is 16.5. The molecule has 2 aromatic rings. The lowest BCUT2D eigenvalue weighted by Crippen LogP contribution is -2.49. The van der Waals surface area contributed by atoms with Crippen molar-refractivity contribution < 1.29 is 14.6 Å². The molecule has 1 amide bonds. The number of benzene rings is 2. The number of nitriles is 1. The molecular formula is C23H24N2O3. The first kappa shape index (κ1) is 18.4. The lowest BCUT2D eigenvalue weighted by atomic mass is 9.78. The van der Waals surface area contributed by atoms with Gasteiger partial charge in [-0.2, -0.15) is 5.26 Å². The van der Waals surface area contributed by atoms with Crippen LogP contribution in [0.3, 0.4) is 0 Å². The molecule has 1 aliphatic carbocycles. The average molecular weight is 376 g/mol. The van der Waals surface area contributed by atoms with Gasteiger partial charge in [0.1, 0.15) is 17.2 Å². The average Bonchev–Trinajstić information content (AvgIpc) is 2.73. The monoisotopic (exact) mass is 376 g/mol. The van der Waals surface area contributed by atoms with Gasteiger partial charge in [-0.05, 0) is 68.0 Å². The van der Waals surface area contributed by atoms with Gasteiger partial charge in [0.25, 0.3) is 5.91 Å². The zero-order chi connectivity index (χ0) is 19.5. The van der Waals surface area contributed by atoms with Gasteiger partial charge >= 0.3 is 0 Å². The number of nitrogens with zero attached hydrogens (tertiary/aromatic N) is 2. The van der Waals surface area contributed by atoms with Crippen molar-refractivity contribution in [3.05, 3.63) is 53.6 Å². The second kappa shape index (κ2) is 7.93. The van der Waals surface area contributed by atoms with Crippen LogP contribution < -0.4 is 4.74 Å². The van der Waals surface area contributed by atoms with E-state index in [-0.39, 0.29) is 11.7 Å². The molecule has 0 radical (unpaired) electrons. The Hall–Kier alpha value is -3.00. The molecule has 2 aromatic carbocycles. The van der Waals surface area contributed by atoms with Crippen LogP contribution in [0.2, 0.25) is 0 Å². The molecule has 28 heavy (non-hydrogen) atoms. The van der Waals surface area contributed by atoms with E-state index in [2.05, 4.69) is 6.07 Å². The van der Waals surface area contributed by atoms with Crippen LogP contribution in [0, 0.1) is 17.2 Å². The molecule has 5 heteroatoms. The number of phenolic OH excluding ortho intramolecular Hbond substituents is 1. The van der Waals surface area contributed by atoms with Crippen LogP contribution in [-0.2, 0) is 0 Å². The van der Waals surface area contributed by atoms with Crippen LogP contribution in [0.1, 0.15) is 54.4 Å². The van der Waals surface area contributed by atoms with Crippen molar-refractivity contribution in [2.45, 2.75) is 44.6 Å². The van der Waals surface area contributed by atoms with Gasteiger partial charge < -0.3 is 14.7 Å². The van der Waals surface area contributed by atoms with E-state index in [9.17, 15) is 9.90 Å². The number of aromatic hydroxyl groups is 1. The van der Waals surface area contributed by atoms with Gasteiger partial charge in [-0.1, -0.05) is 12.8 Å². The topological polar surface area (TPSA) is 73.6 Å². The Bertz CT molecular complexity index is 899. The van der Waals surface area contributed by atoms with Crippen LogP contribution in [0.25, 0.3) is 0 Å². The Morgan fingerprint density at radius 2 is 1.79 bits per heavy atom. The number of carbonyl (C=O) groups excluding carboxylic acids is 1. The summed E-state index contributed by atoms with van der Waals surface area (Å²) in [6.07, 6.45) is 6.98. The van der Waals surface area contributed by atoms with Crippen LogP contribution in [0.4, 0.5) is 0 Å². The number of hydrogen-bond acceptors (Lipinski definition) is 4. The summed E-state index contributed by atoms with van der Waals surface area (Å²) in [5.41, 5.74) is 1.00. The SMILES string of the molecule is N#Cc1ccc(Oc2cc(O)cc(C(=O)N3CCCC4CCCCC43)c2)cc1. The van der Waals surface area contributed by atoms with Gasteiger partial charge in [-0.3, -0.25) is 4.79 Å². The molecule has 5 nitrogen and oxygen atoms in total. The Labute approximate surface area is 165 Å². The number of hydrogen-bond donors (Lipinski definition) is 1. The molecule has 4 rings (SSSR count). The lowest BCUT2D eigenvalue weighted by Gasteiger charge is -2.44. The van der Waals surface area contributed by atoms with E-state index in [1.54, 1.807) is 30.3 Å². The first-order valence-electron chi connectivity index (χ1n) is 9.97. The van der Waals surface area contributed by atoms with Crippen LogP contribution in [-0.4, -0.2) is 28.5 Å². The third kappa shape index (κ3) is 3.82. The van der Waals surface area contributed by atoms with E-state index in [0.29, 0.717) is 34.6 Å². The van der Waals surface area contributed by atoms with Crippen LogP contribution in [0.5, 0.6) is 17.2 Å². The fourth-order valence-electron chi connectivity index (χ4n) is 4.54. The zero-order valence-corrected chi connectivity index (χ0v) is 15.8. The van der Waals surface area contributed by atoms with Gasteiger partial charge in [0, 0.05) is 24.2 Å². The van der Waals surface area contributed by atoms with Gasteiger partial charge in [-0.15, -0.1) is 0 Å². The molecule has 2 atom stereocenters. The summed E-state index contributed by atoms with van der Waals surface area (Å²) >= 11 is 0. The number of carbonyl (C=O) groups is 1. The predicted molar refractivity (Wildman–Crippen MR) is 105 cm³/mol. The maximum absolute atomic E-state index is 13.2. The van der Waals surface area contributed by atoms with Crippen molar-refractivity contribution in [3.63, 3.8) is 0 Å². The van der Waals surface area contributed by atoms with Crippen molar-refractivity contribution in [2.24, 2.45) is 5.92 Å². The van der Waals surface area contributed by atoms with Crippen molar-refractivity contribution in [2.75, 3.05) is 6.54 Å². The van der Waals surface area contributed by atoms with E-state index in [4.69, 9.17) is 10.00 Å². The molecule has 2 aliphatic rings. The molecule has 2 unspecified atom stereocenters.